The summed E-state index contributed by atoms with van der Waals surface area (Å²) in [5.74, 6) is -0.138. The van der Waals surface area contributed by atoms with Crippen LogP contribution >= 0.6 is 9.24 Å². The van der Waals surface area contributed by atoms with E-state index in [1.165, 1.54) is 0 Å². The van der Waals surface area contributed by atoms with E-state index in [-0.39, 0.29) is 11.6 Å². The Kier molecular flexibility index (Phi) is 4.67. The average molecular weight is 176 g/mol. The van der Waals surface area contributed by atoms with Crippen molar-refractivity contribution in [1.82, 2.24) is 0 Å². The molecule has 0 saturated carbocycles. The number of rotatable bonds is 4. The maximum absolute atomic E-state index is 10.9. The van der Waals surface area contributed by atoms with Crippen LogP contribution in [-0.4, -0.2) is 17.7 Å². The molecule has 0 rings (SSSR count). The van der Waals surface area contributed by atoms with Gasteiger partial charge in [-0.2, -0.15) is 0 Å². The van der Waals surface area contributed by atoms with Crippen LogP contribution in [0.5, 0.6) is 0 Å². The molecular formula is C8H17O2P. The van der Waals surface area contributed by atoms with E-state index in [4.69, 9.17) is 4.74 Å². The Hall–Kier alpha value is -0.100. The lowest BCUT2D eigenvalue weighted by Gasteiger charge is -2.26. The minimum atomic E-state index is -0.256. The van der Waals surface area contributed by atoms with Gasteiger partial charge in [0.25, 0.3) is 0 Å². The summed E-state index contributed by atoms with van der Waals surface area (Å²) >= 11 is 0. The first-order chi connectivity index (χ1) is 5.08. The fourth-order valence-electron chi connectivity index (χ4n) is 0.711. The molecule has 0 N–H and O–H groups in total. The highest BCUT2D eigenvalue weighted by molar-refractivity contribution is 7.18. The van der Waals surface area contributed by atoms with Crippen LogP contribution in [0.1, 0.15) is 33.6 Å². The number of esters is 1. The zero-order valence-corrected chi connectivity index (χ0v) is 8.67. The molecule has 0 saturated heterocycles. The topological polar surface area (TPSA) is 26.3 Å². The van der Waals surface area contributed by atoms with Gasteiger partial charge in [-0.15, -0.1) is 9.24 Å². The lowest BCUT2D eigenvalue weighted by atomic mass is 10.0. The van der Waals surface area contributed by atoms with Gasteiger partial charge < -0.3 is 4.74 Å². The van der Waals surface area contributed by atoms with Gasteiger partial charge in [-0.05, 0) is 19.8 Å². The molecule has 0 aliphatic carbocycles. The fraction of sp³-hybridized carbons (Fsp3) is 0.875. The van der Waals surface area contributed by atoms with Crippen molar-refractivity contribution in [2.24, 2.45) is 0 Å². The molecule has 0 aromatic carbocycles. The van der Waals surface area contributed by atoms with Crippen LogP contribution < -0.4 is 0 Å². The van der Waals surface area contributed by atoms with Crippen molar-refractivity contribution in [3.63, 3.8) is 0 Å². The normalized spacial score (nSPS) is 11.3. The molecule has 0 aliphatic rings. The zero-order chi connectivity index (χ0) is 8.91. The highest BCUT2D eigenvalue weighted by Gasteiger charge is 2.23. The number of hydrogen-bond acceptors (Lipinski definition) is 2. The smallest absolute Gasteiger partial charge is 0.310 e. The van der Waals surface area contributed by atoms with Crippen LogP contribution in [0.15, 0.2) is 0 Å². The molecule has 0 aromatic rings. The van der Waals surface area contributed by atoms with E-state index in [0.29, 0.717) is 6.16 Å². The summed E-state index contributed by atoms with van der Waals surface area (Å²) in [6.07, 6.45) is 2.13. The molecule has 0 bridgehead atoms. The van der Waals surface area contributed by atoms with Crippen LogP contribution in [-0.2, 0) is 9.53 Å². The van der Waals surface area contributed by atoms with Crippen molar-refractivity contribution in [1.29, 1.82) is 0 Å². The Morgan fingerprint density at radius 2 is 1.91 bits per heavy atom. The number of ether oxygens (including phenoxy) is 1. The summed E-state index contributed by atoms with van der Waals surface area (Å²) < 4.78 is 5.23. The molecule has 2 nitrogen and oxygen atoms in total. The molecule has 66 valence electrons. The maximum atomic E-state index is 10.9. The molecule has 11 heavy (non-hydrogen) atoms. The van der Waals surface area contributed by atoms with E-state index in [1.807, 2.05) is 20.8 Å². The number of carbonyl (C=O) groups excluding carboxylic acids is 1. The van der Waals surface area contributed by atoms with Crippen LogP contribution in [0.4, 0.5) is 0 Å². The molecule has 0 radical (unpaired) electrons. The third kappa shape index (κ3) is 3.71. The number of hydrogen-bond donors (Lipinski definition) is 0. The third-order valence-corrected chi connectivity index (χ3v) is 2.36. The highest BCUT2D eigenvalue weighted by Crippen LogP contribution is 2.19. The second kappa shape index (κ2) is 4.71. The van der Waals surface area contributed by atoms with Gasteiger partial charge in [-0.3, -0.25) is 4.79 Å². The van der Waals surface area contributed by atoms with Gasteiger partial charge in [0, 0.05) is 0 Å². The minimum Gasteiger partial charge on any atom is -0.459 e. The summed E-state index contributed by atoms with van der Waals surface area (Å²) in [6.45, 7) is 6.02. The molecule has 0 spiro atoms. The second-order valence-electron chi connectivity index (χ2n) is 2.84. The quantitative estimate of drug-likeness (QED) is 0.483. The van der Waals surface area contributed by atoms with E-state index in [9.17, 15) is 4.79 Å². The Morgan fingerprint density at radius 1 is 1.45 bits per heavy atom. The van der Waals surface area contributed by atoms with E-state index < -0.39 is 0 Å². The Labute approximate surface area is 70.9 Å². The predicted molar refractivity (Wildman–Crippen MR) is 49.7 cm³/mol. The molecule has 0 amide bonds. The minimum absolute atomic E-state index is 0.138. The van der Waals surface area contributed by atoms with Gasteiger partial charge in [0.15, 0.2) is 0 Å². The summed E-state index contributed by atoms with van der Waals surface area (Å²) in [4.78, 5) is 10.9. The van der Waals surface area contributed by atoms with E-state index in [2.05, 4.69) is 9.24 Å². The van der Waals surface area contributed by atoms with Gasteiger partial charge in [-0.1, -0.05) is 13.8 Å². The van der Waals surface area contributed by atoms with Crippen LogP contribution in [0.25, 0.3) is 0 Å². The molecule has 0 heterocycles. The lowest BCUT2D eigenvalue weighted by Crippen LogP contribution is -2.30. The van der Waals surface area contributed by atoms with Gasteiger partial charge in [0.1, 0.15) is 5.60 Å². The van der Waals surface area contributed by atoms with E-state index in [1.54, 1.807) is 0 Å². The lowest BCUT2D eigenvalue weighted by molar-refractivity contribution is -0.155. The number of carbonyl (C=O) groups is 1. The van der Waals surface area contributed by atoms with Crippen molar-refractivity contribution >= 4 is 15.2 Å². The fourth-order valence-corrected chi connectivity index (χ4v) is 0.794. The largest absolute Gasteiger partial charge is 0.459 e. The molecule has 0 fully saturated rings. The van der Waals surface area contributed by atoms with Crippen molar-refractivity contribution in [2.45, 2.75) is 39.2 Å². The first-order valence-electron chi connectivity index (χ1n) is 4.00. The van der Waals surface area contributed by atoms with Crippen molar-refractivity contribution in [3.05, 3.63) is 0 Å². The van der Waals surface area contributed by atoms with Gasteiger partial charge in [0.2, 0.25) is 0 Å². The standard InChI is InChI=1S/C8H17O2P/c1-4-8(3,5-2)10-7(9)6-11/h4-6,11H2,1-3H3. The van der Waals surface area contributed by atoms with Gasteiger partial charge >= 0.3 is 5.97 Å². The average Bonchev–Trinajstić information content (AvgIpc) is 2.04. The van der Waals surface area contributed by atoms with Gasteiger partial charge in [0.05, 0.1) is 6.16 Å². The maximum Gasteiger partial charge on any atom is 0.310 e. The molecule has 3 heteroatoms. The summed E-state index contributed by atoms with van der Waals surface area (Å²) in [5, 5.41) is 0. The van der Waals surface area contributed by atoms with Crippen molar-refractivity contribution in [3.8, 4) is 0 Å². The van der Waals surface area contributed by atoms with Crippen LogP contribution in [0.2, 0.25) is 0 Å². The molecule has 0 aromatic heterocycles. The van der Waals surface area contributed by atoms with Crippen LogP contribution in [0, 0.1) is 0 Å². The highest BCUT2D eigenvalue weighted by atomic mass is 31.0. The summed E-state index contributed by atoms with van der Waals surface area (Å²) in [5.41, 5.74) is -0.256. The summed E-state index contributed by atoms with van der Waals surface area (Å²) in [7, 11) is 2.36. The second-order valence-corrected chi connectivity index (χ2v) is 3.24. The monoisotopic (exact) mass is 176 g/mol. The Morgan fingerprint density at radius 3 is 2.18 bits per heavy atom. The third-order valence-electron chi connectivity index (χ3n) is 2.02. The SMILES string of the molecule is CCC(C)(CC)OC(=O)CP. The molecule has 1 atom stereocenters. The first kappa shape index (κ1) is 10.9. The van der Waals surface area contributed by atoms with Crippen LogP contribution in [0.3, 0.4) is 0 Å². The Balaban J connectivity index is 3.96. The van der Waals surface area contributed by atoms with Crippen molar-refractivity contribution in [2.75, 3.05) is 6.16 Å². The van der Waals surface area contributed by atoms with E-state index >= 15 is 0 Å². The molecular weight excluding hydrogens is 159 g/mol. The first-order valence-corrected chi connectivity index (χ1v) is 4.81. The molecule has 1 unspecified atom stereocenters. The van der Waals surface area contributed by atoms with Crippen molar-refractivity contribution < 1.29 is 9.53 Å². The summed E-state index contributed by atoms with van der Waals surface area (Å²) in [6, 6.07) is 0. The molecule has 0 aliphatic heterocycles. The Bertz CT molecular complexity index is 130. The van der Waals surface area contributed by atoms with Gasteiger partial charge in [-0.25, -0.2) is 0 Å². The predicted octanol–water partition coefficient (Wildman–Crippen LogP) is 1.98. The zero-order valence-electron chi connectivity index (χ0n) is 7.52. The van der Waals surface area contributed by atoms with E-state index in [0.717, 1.165) is 12.8 Å².